The zero-order valence-electron chi connectivity index (χ0n) is 8.24. The average Bonchev–Trinajstić information content (AvgIpc) is 2.79. The minimum Gasteiger partial charge on any atom is -0.332 e. The first-order chi connectivity index (χ1) is 6.74. The third-order valence-electron chi connectivity index (χ3n) is 4.12. The van der Waals surface area contributed by atoms with Crippen molar-refractivity contribution < 1.29 is 9.59 Å². The van der Waals surface area contributed by atoms with E-state index in [1.54, 1.807) is 0 Å². The molecule has 0 radical (unpaired) electrons. The first-order valence-corrected chi connectivity index (χ1v) is 5.55. The number of hydrogen-bond donors (Lipinski definition) is 0. The van der Waals surface area contributed by atoms with Gasteiger partial charge in [-0.15, -0.1) is 0 Å². The topological polar surface area (TPSA) is 37.4 Å². The molecule has 0 aromatic heterocycles. The van der Waals surface area contributed by atoms with Gasteiger partial charge in [-0.2, -0.15) is 0 Å². The Morgan fingerprint density at radius 2 is 2.00 bits per heavy atom. The molecule has 1 amide bonds. The van der Waals surface area contributed by atoms with E-state index in [0.29, 0.717) is 18.5 Å². The lowest BCUT2D eigenvalue weighted by molar-refractivity contribution is -0.130. The number of Topliss-reactive ketones (excluding diaryl/α,β-unsaturated/α-hetero) is 1. The molecule has 76 valence electrons. The molecule has 0 aromatic carbocycles. The third kappa shape index (κ3) is 1.11. The van der Waals surface area contributed by atoms with Crippen molar-refractivity contribution in [2.75, 3.05) is 6.54 Å². The summed E-state index contributed by atoms with van der Waals surface area (Å²) in [5, 5.41) is 0. The number of amides is 1. The van der Waals surface area contributed by atoms with Gasteiger partial charge in [-0.1, -0.05) is 6.42 Å². The molecule has 3 unspecified atom stereocenters. The highest BCUT2D eigenvalue weighted by Crippen LogP contribution is 2.47. The van der Waals surface area contributed by atoms with E-state index >= 15 is 0 Å². The number of carbonyl (C=O) groups is 2. The number of rotatable bonds is 1. The smallest absolute Gasteiger partial charge is 0.230 e. The third-order valence-corrected chi connectivity index (χ3v) is 4.12. The zero-order chi connectivity index (χ0) is 9.71. The van der Waals surface area contributed by atoms with E-state index in [4.69, 9.17) is 0 Å². The highest BCUT2D eigenvalue weighted by Gasteiger charge is 2.45. The Labute approximate surface area is 83.5 Å². The summed E-state index contributed by atoms with van der Waals surface area (Å²) in [6.45, 7) is 0.396. The molecule has 3 aliphatic rings. The molecule has 2 bridgehead atoms. The van der Waals surface area contributed by atoms with Gasteiger partial charge in [-0.25, -0.2) is 0 Å². The van der Waals surface area contributed by atoms with Gasteiger partial charge in [0.05, 0.1) is 13.0 Å². The van der Waals surface area contributed by atoms with E-state index in [-0.39, 0.29) is 18.1 Å². The minimum absolute atomic E-state index is 0.0764. The average molecular weight is 193 g/mol. The number of carbonyl (C=O) groups excluding carboxylic acids is 2. The summed E-state index contributed by atoms with van der Waals surface area (Å²) < 4.78 is 0. The number of hydrogen-bond acceptors (Lipinski definition) is 2. The van der Waals surface area contributed by atoms with Gasteiger partial charge in [0.25, 0.3) is 0 Å². The summed E-state index contributed by atoms with van der Waals surface area (Å²) in [6.07, 6.45) is 5.23. The molecule has 0 aromatic rings. The van der Waals surface area contributed by atoms with Crippen LogP contribution in [0.4, 0.5) is 0 Å². The van der Waals surface area contributed by atoms with Gasteiger partial charge in [-0.3, -0.25) is 9.59 Å². The van der Waals surface area contributed by atoms with Crippen molar-refractivity contribution in [1.82, 2.24) is 4.90 Å². The molecule has 2 aliphatic carbocycles. The lowest BCUT2D eigenvalue weighted by Gasteiger charge is -2.30. The highest BCUT2D eigenvalue weighted by atomic mass is 16.2. The summed E-state index contributed by atoms with van der Waals surface area (Å²) in [4.78, 5) is 24.6. The zero-order valence-corrected chi connectivity index (χ0v) is 8.24. The van der Waals surface area contributed by atoms with E-state index < -0.39 is 0 Å². The summed E-state index contributed by atoms with van der Waals surface area (Å²) in [7, 11) is 0. The standard InChI is InChI=1S/C11H15NO2/c13-9-5-11(14)12(6-9)10-4-7-1-2-8(10)3-7/h7-8,10H,1-6H2. The minimum atomic E-state index is 0.0764. The quantitative estimate of drug-likeness (QED) is 0.582. The SMILES string of the molecule is O=C1CC(=O)N(C2CC3CCC2C3)C1. The maximum atomic E-state index is 11.6. The van der Waals surface area contributed by atoms with Gasteiger partial charge in [0.1, 0.15) is 0 Å². The van der Waals surface area contributed by atoms with Gasteiger partial charge in [0.15, 0.2) is 5.78 Å². The van der Waals surface area contributed by atoms with Gasteiger partial charge >= 0.3 is 0 Å². The Morgan fingerprint density at radius 3 is 2.50 bits per heavy atom. The van der Waals surface area contributed by atoms with Crippen LogP contribution in [0.5, 0.6) is 0 Å². The molecule has 2 saturated carbocycles. The van der Waals surface area contributed by atoms with Gasteiger partial charge in [0.2, 0.25) is 5.91 Å². The number of ketones is 1. The molecule has 3 atom stereocenters. The van der Waals surface area contributed by atoms with Crippen LogP contribution in [0.3, 0.4) is 0 Å². The molecule has 0 spiro atoms. The highest BCUT2D eigenvalue weighted by molar-refractivity contribution is 6.05. The fraction of sp³-hybridized carbons (Fsp3) is 0.818. The van der Waals surface area contributed by atoms with Gasteiger partial charge in [0, 0.05) is 6.04 Å². The molecule has 1 saturated heterocycles. The van der Waals surface area contributed by atoms with Crippen molar-refractivity contribution in [2.24, 2.45) is 11.8 Å². The molecular formula is C11H15NO2. The Hall–Kier alpha value is -0.860. The van der Waals surface area contributed by atoms with Crippen LogP contribution < -0.4 is 0 Å². The summed E-state index contributed by atoms with van der Waals surface area (Å²) >= 11 is 0. The van der Waals surface area contributed by atoms with Crippen molar-refractivity contribution >= 4 is 11.7 Å². The molecule has 1 heterocycles. The van der Waals surface area contributed by atoms with Crippen LogP contribution in [0, 0.1) is 11.8 Å². The second kappa shape index (κ2) is 2.81. The molecule has 1 aliphatic heterocycles. The van der Waals surface area contributed by atoms with Crippen LogP contribution in [-0.4, -0.2) is 29.2 Å². The van der Waals surface area contributed by atoms with Gasteiger partial charge < -0.3 is 4.90 Å². The second-order valence-electron chi connectivity index (χ2n) is 4.98. The van der Waals surface area contributed by atoms with Crippen molar-refractivity contribution in [3.8, 4) is 0 Å². The molecule has 3 fully saturated rings. The maximum absolute atomic E-state index is 11.6. The van der Waals surface area contributed by atoms with Crippen molar-refractivity contribution in [3.05, 3.63) is 0 Å². The van der Waals surface area contributed by atoms with E-state index in [1.165, 1.54) is 19.3 Å². The fourth-order valence-corrected chi connectivity index (χ4v) is 3.50. The van der Waals surface area contributed by atoms with Crippen molar-refractivity contribution in [1.29, 1.82) is 0 Å². The Kier molecular flexibility index (Phi) is 1.70. The first kappa shape index (κ1) is 8.45. The summed E-state index contributed by atoms with van der Waals surface area (Å²) in [5.74, 6) is 1.73. The number of likely N-dealkylation sites (tertiary alicyclic amines) is 1. The van der Waals surface area contributed by atoms with E-state index in [9.17, 15) is 9.59 Å². The molecule has 0 N–H and O–H groups in total. The first-order valence-electron chi connectivity index (χ1n) is 5.55. The maximum Gasteiger partial charge on any atom is 0.230 e. The lowest BCUT2D eigenvalue weighted by Crippen LogP contribution is -2.40. The summed E-state index contributed by atoms with van der Waals surface area (Å²) in [6, 6.07) is 0.410. The predicted octanol–water partition coefficient (Wildman–Crippen LogP) is 0.976. The van der Waals surface area contributed by atoms with Crippen LogP contribution in [-0.2, 0) is 9.59 Å². The molecular weight excluding hydrogens is 178 g/mol. The molecule has 3 rings (SSSR count). The van der Waals surface area contributed by atoms with Crippen molar-refractivity contribution in [3.63, 3.8) is 0 Å². The summed E-state index contributed by atoms with van der Waals surface area (Å²) in [5.41, 5.74) is 0. The molecule has 3 heteroatoms. The van der Waals surface area contributed by atoms with E-state index in [1.807, 2.05) is 4.90 Å². The Morgan fingerprint density at radius 1 is 1.14 bits per heavy atom. The largest absolute Gasteiger partial charge is 0.332 e. The second-order valence-corrected chi connectivity index (χ2v) is 4.98. The van der Waals surface area contributed by atoms with Crippen LogP contribution in [0.15, 0.2) is 0 Å². The lowest BCUT2D eigenvalue weighted by atomic mass is 9.94. The molecule has 3 nitrogen and oxygen atoms in total. The Balaban J connectivity index is 1.77. The number of fused-ring (bicyclic) bond motifs is 2. The molecule has 14 heavy (non-hydrogen) atoms. The predicted molar refractivity (Wildman–Crippen MR) is 50.6 cm³/mol. The van der Waals surface area contributed by atoms with E-state index in [2.05, 4.69) is 0 Å². The number of nitrogens with zero attached hydrogens (tertiary/aromatic N) is 1. The van der Waals surface area contributed by atoms with Crippen LogP contribution in [0.1, 0.15) is 32.1 Å². The monoisotopic (exact) mass is 193 g/mol. The van der Waals surface area contributed by atoms with E-state index in [0.717, 1.165) is 12.3 Å². The van der Waals surface area contributed by atoms with Gasteiger partial charge in [-0.05, 0) is 31.1 Å². The normalized spacial score (nSPS) is 41.4. The van der Waals surface area contributed by atoms with Crippen LogP contribution in [0.25, 0.3) is 0 Å². The van der Waals surface area contributed by atoms with Crippen LogP contribution >= 0.6 is 0 Å². The Bertz CT molecular complexity index is 300. The van der Waals surface area contributed by atoms with Crippen molar-refractivity contribution in [2.45, 2.75) is 38.1 Å². The fourth-order valence-electron chi connectivity index (χ4n) is 3.50. The van der Waals surface area contributed by atoms with Crippen LogP contribution in [0.2, 0.25) is 0 Å².